The second-order valence-corrected chi connectivity index (χ2v) is 4.81. The number of nitrogens with two attached hydrogens (primary N) is 1. The Morgan fingerprint density at radius 2 is 2.07 bits per heavy atom. The summed E-state index contributed by atoms with van der Waals surface area (Å²) in [6.07, 6.45) is 5.26. The molecule has 3 heteroatoms. The van der Waals surface area contributed by atoms with Gasteiger partial charge in [0, 0.05) is 6.54 Å². The Balaban J connectivity index is 2.29. The van der Waals surface area contributed by atoms with E-state index < -0.39 is 5.60 Å². The monoisotopic (exact) mass is 201 g/mol. The first kappa shape index (κ1) is 12.0. The highest BCUT2D eigenvalue weighted by Gasteiger charge is 2.25. The first-order chi connectivity index (χ1) is 6.55. The van der Waals surface area contributed by atoms with E-state index in [0.29, 0.717) is 18.6 Å². The van der Waals surface area contributed by atoms with Gasteiger partial charge in [0.15, 0.2) is 0 Å². The molecule has 3 N–H and O–H groups in total. The Kier molecular flexibility index (Phi) is 4.35. The lowest BCUT2D eigenvalue weighted by Gasteiger charge is -2.31. The summed E-state index contributed by atoms with van der Waals surface area (Å²) in [6, 6.07) is 0. The molecule has 0 spiro atoms. The van der Waals surface area contributed by atoms with Gasteiger partial charge in [-0.3, -0.25) is 0 Å². The molecule has 84 valence electrons. The summed E-state index contributed by atoms with van der Waals surface area (Å²) in [4.78, 5) is 0. The van der Waals surface area contributed by atoms with Crippen molar-refractivity contribution in [2.45, 2.75) is 51.2 Å². The van der Waals surface area contributed by atoms with Crippen molar-refractivity contribution in [3.05, 3.63) is 0 Å². The average Bonchev–Trinajstić information content (AvgIpc) is 2.17. The highest BCUT2D eigenvalue weighted by molar-refractivity contribution is 4.77. The molecule has 1 aliphatic rings. The van der Waals surface area contributed by atoms with E-state index >= 15 is 0 Å². The first-order valence-corrected chi connectivity index (χ1v) is 5.59. The molecule has 1 saturated carbocycles. The van der Waals surface area contributed by atoms with Crippen molar-refractivity contribution in [1.82, 2.24) is 0 Å². The van der Waals surface area contributed by atoms with E-state index in [1.807, 2.05) is 0 Å². The summed E-state index contributed by atoms with van der Waals surface area (Å²) in [5, 5.41) is 9.69. The summed E-state index contributed by atoms with van der Waals surface area (Å²) < 4.78 is 5.72. The molecule has 1 rings (SSSR count). The molecule has 0 aromatic rings. The third-order valence-electron chi connectivity index (χ3n) is 3.08. The summed E-state index contributed by atoms with van der Waals surface area (Å²) >= 11 is 0. The number of ether oxygens (including phenoxy) is 1. The smallest absolute Gasteiger partial charge is 0.0973 e. The molecule has 3 unspecified atom stereocenters. The molecule has 3 nitrogen and oxygen atoms in total. The molecule has 1 fully saturated rings. The first-order valence-electron chi connectivity index (χ1n) is 5.59. The van der Waals surface area contributed by atoms with Gasteiger partial charge in [0.1, 0.15) is 0 Å². The highest BCUT2D eigenvalue weighted by Crippen LogP contribution is 2.26. The maximum absolute atomic E-state index is 9.69. The molecule has 0 radical (unpaired) electrons. The summed E-state index contributed by atoms with van der Waals surface area (Å²) in [5.74, 6) is 0.623. The Labute approximate surface area is 86.6 Å². The van der Waals surface area contributed by atoms with Crippen molar-refractivity contribution in [3.8, 4) is 0 Å². The summed E-state index contributed by atoms with van der Waals surface area (Å²) in [5.41, 5.74) is 4.56. The topological polar surface area (TPSA) is 55.5 Å². The van der Waals surface area contributed by atoms with Gasteiger partial charge in [0.2, 0.25) is 0 Å². The molecule has 0 aliphatic heterocycles. The van der Waals surface area contributed by atoms with Crippen LogP contribution in [-0.4, -0.2) is 30.0 Å². The predicted molar refractivity (Wildman–Crippen MR) is 57.1 cm³/mol. The van der Waals surface area contributed by atoms with Crippen LogP contribution in [0.1, 0.15) is 39.5 Å². The second-order valence-electron chi connectivity index (χ2n) is 4.81. The van der Waals surface area contributed by atoms with Crippen molar-refractivity contribution < 1.29 is 9.84 Å². The lowest BCUT2D eigenvalue weighted by Crippen LogP contribution is -2.41. The number of aliphatic hydroxyl groups is 1. The van der Waals surface area contributed by atoms with Crippen LogP contribution in [0.2, 0.25) is 0 Å². The van der Waals surface area contributed by atoms with Crippen LogP contribution in [0.25, 0.3) is 0 Å². The third kappa shape index (κ3) is 3.56. The van der Waals surface area contributed by atoms with Gasteiger partial charge in [0.25, 0.3) is 0 Å². The van der Waals surface area contributed by atoms with Gasteiger partial charge in [-0.2, -0.15) is 0 Å². The average molecular weight is 201 g/mol. The molecule has 0 saturated heterocycles. The maximum Gasteiger partial charge on any atom is 0.0973 e. The minimum atomic E-state index is -0.864. The molecule has 0 heterocycles. The predicted octanol–water partition coefficient (Wildman–Crippen LogP) is 1.29. The van der Waals surface area contributed by atoms with E-state index in [9.17, 15) is 5.11 Å². The quantitative estimate of drug-likeness (QED) is 0.720. The fourth-order valence-corrected chi connectivity index (χ4v) is 1.88. The molecule has 0 aromatic carbocycles. The van der Waals surface area contributed by atoms with Crippen molar-refractivity contribution >= 4 is 0 Å². The standard InChI is InChI=1S/C11H23NO2/c1-9-5-3-4-6-10(9)14-8-11(2,13)7-12/h9-10,13H,3-8,12H2,1-2H3. The minimum absolute atomic E-state index is 0.258. The van der Waals surface area contributed by atoms with E-state index in [4.69, 9.17) is 10.5 Å². The fraction of sp³-hybridized carbons (Fsp3) is 1.00. The fourth-order valence-electron chi connectivity index (χ4n) is 1.88. The van der Waals surface area contributed by atoms with E-state index in [1.54, 1.807) is 6.92 Å². The Morgan fingerprint density at radius 3 is 2.64 bits per heavy atom. The minimum Gasteiger partial charge on any atom is -0.386 e. The van der Waals surface area contributed by atoms with Gasteiger partial charge >= 0.3 is 0 Å². The number of hydrogen-bond donors (Lipinski definition) is 2. The van der Waals surface area contributed by atoms with Crippen LogP contribution >= 0.6 is 0 Å². The molecule has 3 atom stereocenters. The largest absolute Gasteiger partial charge is 0.386 e. The molecule has 0 aromatic heterocycles. The van der Waals surface area contributed by atoms with Crippen molar-refractivity contribution in [2.75, 3.05) is 13.2 Å². The van der Waals surface area contributed by atoms with Gasteiger partial charge in [-0.1, -0.05) is 19.8 Å². The molecule has 0 bridgehead atoms. The normalized spacial score (nSPS) is 32.6. The van der Waals surface area contributed by atoms with Gasteiger partial charge in [0.05, 0.1) is 18.3 Å². The Hall–Kier alpha value is -0.120. The van der Waals surface area contributed by atoms with Crippen LogP contribution in [0.15, 0.2) is 0 Å². The zero-order valence-electron chi connectivity index (χ0n) is 9.33. The molecule has 0 amide bonds. The SMILES string of the molecule is CC1CCCCC1OCC(C)(O)CN. The zero-order valence-corrected chi connectivity index (χ0v) is 9.33. The summed E-state index contributed by atoms with van der Waals surface area (Å²) in [7, 11) is 0. The van der Waals surface area contributed by atoms with Crippen LogP contribution in [-0.2, 0) is 4.74 Å². The lowest BCUT2D eigenvalue weighted by atomic mass is 9.88. The van der Waals surface area contributed by atoms with E-state index in [2.05, 4.69) is 6.92 Å². The highest BCUT2D eigenvalue weighted by atomic mass is 16.5. The second kappa shape index (κ2) is 5.10. The van der Waals surface area contributed by atoms with Crippen LogP contribution in [0.5, 0.6) is 0 Å². The van der Waals surface area contributed by atoms with Crippen LogP contribution < -0.4 is 5.73 Å². The van der Waals surface area contributed by atoms with Crippen LogP contribution in [0.4, 0.5) is 0 Å². The van der Waals surface area contributed by atoms with Gasteiger partial charge < -0.3 is 15.6 Å². The third-order valence-corrected chi connectivity index (χ3v) is 3.08. The number of hydrogen-bond acceptors (Lipinski definition) is 3. The number of rotatable bonds is 4. The van der Waals surface area contributed by atoms with E-state index in [-0.39, 0.29) is 6.54 Å². The van der Waals surface area contributed by atoms with Crippen molar-refractivity contribution in [1.29, 1.82) is 0 Å². The van der Waals surface area contributed by atoms with Gasteiger partial charge in [-0.25, -0.2) is 0 Å². The summed E-state index contributed by atoms with van der Waals surface area (Å²) in [6.45, 7) is 4.56. The lowest BCUT2D eigenvalue weighted by molar-refractivity contribution is -0.0819. The maximum atomic E-state index is 9.69. The Morgan fingerprint density at radius 1 is 1.43 bits per heavy atom. The molecular formula is C11H23NO2. The van der Waals surface area contributed by atoms with Gasteiger partial charge in [-0.05, 0) is 25.7 Å². The Bertz CT molecular complexity index is 171. The van der Waals surface area contributed by atoms with E-state index in [1.165, 1.54) is 19.3 Å². The van der Waals surface area contributed by atoms with Gasteiger partial charge in [-0.15, -0.1) is 0 Å². The van der Waals surface area contributed by atoms with Crippen molar-refractivity contribution in [3.63, 3.8) is 0 Å². The molecule has 14 heavy (non-hydrogen) atoms. The molecule has 1 aliphatic carbocycles. The molecular weight excluding hydrogens is 178 g/mol. The van der Waals surface area contributed by atoms with E-state index in [0.717, 1.165) is 6.42 Å². The van der Waals surface area contributed by atoms with Crippen LogP contribution in [0.3, 0.4) is 0 Å². The van der Waals surface area contributed by atoms with Crippen molar-refractivity contribution in [2.24, 2.45) is 11.7 Å². The zero-order chi connectivity index (χ0) is 10.6. The van der Waals surface area contributed by atoms with Crippen LogP contribution in [0, 0.1) is 5.92 Å².